The number of ether oxygens (including phenoxy) is 2. The molecule has 3 heterocycles. The summed E-state index contributed by atoms with van der Waals surface area (Å²) < 4.78 is 11.4. The van der Waals surface area contributed by atoms with Gasteiger partial charge in [0.25, 0.3) is 0 Å². The molecule has 0 spiro atoms. The number of pyridine rings is 1. The average Bonchev–Trinajstić information content (AvgIpc) is 3.38. The average molecular weight is 444 g/mol. The number of carbonyl (C=O) groups is 2. The molecule has 0 fully saturated rings. The van der Waals surface area contributed by atoms with E-state index in [4.69, 9.17) is 9.47 Å². The van der Waals surface area contributed by atoms with E-state index >= 15 is 0 Å². The van der Waals surface area contributed by atoms with Gasteiger partial charge in [-0.05, 0) is 41.8 Å². The topological polar surface area (TPSA) is 89.5 Å². The van der Waals surface area contributed by atoms with E-state index in [0.717, 1.165) is 33.7 Å². The highest BCUT2D eigenvalue weighted by molar-refractivity contribution is 6.05. The smallest absolute Gasteiger partial charge is 0.232 e. The summed E-state index contributed by atoms with van der Waals surface area (Å²) in [7, 11) is 1.58. The van der Waals surface area contributed by atoms with Crippen molar-refractivity contribution in [3.05, 3.63) is 71.4 Å². The van der Waals surface area contributed by atoms with Gasteiger partial charge in [0.15, 0.2) is 0 Å². The minimum absolute atomic E-state index is 0.0865. The maximum atomic E-state index is 12.7. The molecular weight excluding hydrogens is 418 g/mol. The summed E-state index contributed by atoms with van der Waals surface area (Å²) >= 11 is 0. The van der Waals surface area contributed by atoms with Crippen LogP contribution in [0.25, 0.3) is 11.3 Å². The first-order valence-corrected chi connectivity index (χ1v) is 11.0. The first-order valence-electron chi connectivity index (χ1n) is 11.0. The van der Waals surface area contributed by atoms with Crippen LogP contribution in [0.15, 0.2) is 54.7 Å². The summed E-state index contributed by atoms with van der Waals surface area (Å²) in [6, 6.07) is 15.4. The van der Waals surface area contributed by atoms with Crippen molar-refractivity contribution in [3.63, 3.8) is 0 Å². The molecule has 2 aliphatic rings. The van der Waals surface area contributed by atoms with Crippen molar-refractivity contribution in [2.75, 3.05) is 19.0 Å². The highest BCUT2D eigenvalue weighted by atomic mass is 16.5. The van der Waals surface area contributed by atoms with E-state index in [2.05, 4.69) is 15.6 Å². The molecule has 7 nitrogen and oxygen atoms in total. The monoisotopic (exact) mass is 443 g/mol. The zero-order chi connectivity index (χ0) is 22.9. The molecule has 3 aromatic rings. The molecule has 0 saturated carbocycles. The Bertz CT molecular complexity index is 1240. The predicted molar refractivity (Wildman–Crippen MR) is 125 cm³/mol. The fourth-order valence-corrected chi connectivity index (χ4v) is 4.53. The van der Waals surface area contributed by atoms with E-state index < -0.39 is 5.92 Å². The van der Waals surface area contributed by atoms with Crippen molar-refractivity contribution < 1.29 is 19.1 Å². The van der Waals surface area contributed by atoms with Crippen LogP contribution < -0.4 is 20.1 Å². The molecule has 2 aromatic carbocycles. The van der Waals surface area contributed by atoms with Gasteiger partial charge in [-0.25, -0.2) is 0 Å². The van der Waals surface area contributed by atoms with Gasteiger partial charge in [0.2, 0.25) is 11.8 Å². The number of rotatable bonds is 6. The molecule has 2 N–H and O–H groups in total. The lowest BCUT2D eigenvalue weighted by atomic mass is 9.96. The number of nitrogens with one attached hydrogen (secondary N) is 2. The molecule has 33 heavy (non-hydrogen) atoms. The third-order valence-electron chi connectivity index (χ3n) is 6.22. The fraction of sp³-hybridized carbons (Fsp3) is 0.269. The predicted octanol–water partition coefficient (Wildman–Crippen LogP) is 3.61. The van der Waals surface area contributed by atoms with Gasteiger partial charge < -0.3 is 20.1 Å². The van der Waals surface area contributed by atoms with E-state index in [1.165, 1.54) is 0 Å². The van der Waals surface area contributed by atoms with Crippen LogP contribution in [0.2, 0.25) is 0 Å². The lowest BCUT2D eigenvalue weighted by Gasteiger charge is -2.15. The molecule has 1 aromatic heterocycles. The van der Waals surface area contributed by atoms with Gasteiger partial charge in [0.05, 0.1) is 25.3 Å². The summed E-state index contributed by atoms with van der Waals surface area (Å²) in [6.45, 7) is 2.40. The van der Waals surface area contributed by atoms with Gasteiger partial charge in [-0.15, -0.1) is 0 Å². The van der Waals surface area contributed by atoms with Gasteiger partial charge in [0, 0.05) is 36.4 Å². The third kappa shape index (κ3) is 4.02. The van der Waals surface area contributed by atoms with Crippen molar-refractivity contribution in [1.82, 2.24) is 10.3 Å². The second kappa shape index (κ2) is 8.58. The van der Waals surface area contributed by atoms with Crippen molar-refractivity contribution in [1.29, 1.82) is 0 Å². The van der Waals surface area contributed by atoms with Crippen molar-refractivity contribution in [2.24, 2.45) is 0 Å². The minimum atomic E-state index is -0.508. The summed E-state index contributed by atoms with van der Waals surface area (Å²) in [4.78, 5) is 29.6. The van der Waals surface area contributed by atoms with Crippen LogP contribution in [-0.4, -0.2) is 36.6 Å². The lowest BCUT2D eigenvalue weighted by Crippen LogP contribution is -2.35. The van der Waals surface area contributed by atoms with Crippen LogP contribution in [0.4, 0.5) is 5.69 Å². The standard InChI is InChI=1S/C26H25N3O4/c1-15-5-4-10-27-24(15)20-7-3-6-16-11-18(33-25(16)20)14-28-23(30)13-21-19-9-8-17(32-2)12-22(19)29-26(21)31/h3-10,12,18,21H,11,13-14H2,1-2H3,(H,28,30)(H,29,31)/t18-,21+/m1/s1. The molecule has 0 aliphatic carbocycles. The number of aryl methyl sites for hydroxylation is 1. The minimum Gasteiger partial charge on any atom is -0.497 e. The maximum Gasteiger partial charge on any atom is 0.232 e. The zero-order valence-corrected chi connectivity index (χ0v) is 18.6. The Morgan fingerprint density at radius 2 is 2.12 bits per heavy atom. The maximum absolute atomic E-state index is 12.7. The Morgan fingerprint density at radius 1 is 1.24 bits per heavy atom. The summed E-state index contributed by atoms with van der Waals surface area (Å²) in [5, 5.41) is 5.78. The van der Waals surface area contributed by atoms with Crippen molar-refractivity contribution in [3.8, 4) is 22.8 Å². The first-order chi connectivity index (χ1) is 16.0. The van der Waals surface area contributed by atoms with Crippen LogP contribution in [-0.2, 0) is 16.0 Å². The van der Waals surface area contributed by atoms with Gasteiger partial charge in [0.1, 0.15) is 17.6 Å². The second-order valence-electron chi connectivity index (χ2n) is 8.41. The van der Waals surface area contributed by atoms with Crippen LogP contribution in [0.1, 0.15) is 29.0 Å². The largest absolute Gasteiger partial charge is 0.497 e. The number of benzene rings is 2. The number of para-hydroxylation sites is 1. The molecule has 5 rings (SSSR count). The van der Waals surface area contributed by atoms with Gasteiger partial charge >= 0.3 is 0 Å². The summed E-state index contributed by atoms with van der Waals surface area (Å²) in [5.74, 6) is 0.632. The van der Waals surface area contributed by atoms with E-state index in [9.17, 15) is 9.59 Å². The Labute approximate surface area is 192 Å². The zero-order valence-electron chi connectivity index (χ0n) is 18.6. The van der Waals surface area contributed by atoms with E-state index in [-0.39, 0.29) is 24.3 Å². The Hall–Kier alpha value is -3.87. The molecule has 2 aliphatic heterocycles. The number of carbonyl (C=O) groups excluding carboxylic acids is 2. The quantitative estimate of drug-likeness (QED) is 0.608. The van der Waals surface area contributed by atoms with Crippen molar-refractivity contribution >= 4 is 17.5 Å². The van der Waals surface area contributed by atoms with E-state index in [1.807, 2.05) is 43.3 Å². The number of hydrogen-bond acceptors (Lipinski definition) is 5. The van der Waals surface area contributed by atoms with Crippen LogP contribution in [0, 0.1) is 6.92 Å². The van der Waals surface area contributed by atoms with Crippen LogP contribution in [0.3, 0.4) is 0 Å². The summed E-state index contributed by atoms with van der Waals surface area (Å²) in [5.41, 5.74) is 5.57. The van der Waals surface area contributed by atoms with Gasteiger partial charge in [-0.1, -0.05) is 24.3 Å². The molecule has 0 saturated heterocycles. The highest BCUT2D eigenvalue weighted by Crippen LogP contribution is 2.39. The summed E-state index contributed by atoms with van der Waals surface area (Å²) in [6.07, 6.45) is 2.41. The van der Waals surface area contributed by atoms with E-state index in [1.54, 1.807) is 25.4 Å². The Morgan fingerprint density at radius 3 is 2.94 bits per heavy atom. The molecule has 168 valence electrons. The molecular formula is C26H25N3O4. The van der Waals surface area contributed by atoms with Crippen LogP contribution >= 0.6 is 0 Å². The van der Waals surface area contributed by atoms with Crippen molar-refractivity contribution in [2.45, 2.75) is 31.8 Å². The molecule has 0 unspecified atom stereocenters. The Kier molecular flexibility index (Phi) is 5.46. The second-order valence-corrected chi connectivity index (χ2v) is 8.41. The fourth-order valence-electron chi connectivity index (χ4n) is 4.53. The SMILES string of the molecule is COc1ccc2c(c1)NC(=O)[C@H]2CC(=O)NC[C@H]1Cc2cccc(-c3ncccc3C)c2O1. The van der Waals surface area contributed by atoms with E-state index in [0.29, 0.717) is 24.4 Å². The third-order valence-corrected chi connectivity index (χ3v) is 6.22. The Balaban J connectivity index is 1.22. The molecule has 2 amide bonds. The van der Waals surface area contributed by atoms with Crippen LogP contribution in [0.5, 0.6) is 11.5 Å². The highest BCUT2D eigenvalue weighted by Gasteiger charge is 2.33. The molecule has 7 heteroatoms. The number of fused-ring (bicyclic) bond motifs is 2. The number of methoxy groups -OCH3 is 1. The lowest BCUT2D eigenvalue weighted by molar-refractivity contribution is -0.125. The molecule has 0 radical (unpaired) electrons. The number of aromatic nitrogens is 1. The van der Waals surface area contributed by atoms with Gasteiger partial charge in [-0.2, -0.15) is 0 Å². The van der Waals surface area contributed by atoms with Gasteiger partial charge in [-0.3, -0.25) is 14.6 Å². The molecule has 2 atom stereocenters. The normalized spacial score (nSPS) is 18.2. The first kappa shape index (κ1) is 21.0. The number of nitrogens with zero attached hydrogens (tertiary/aromatic N) is 1. The number of hydrogen-bond donors (Lipinski definition) is 2. The molecule has 0 bridgehead atoms. The number of anilines is 1. The number of amides is 2.